The maximum atomic E-state index is 4.75. The summed E-state index contributed by atoms with van der Waals surface area (Å²) in [5.74, 6) is 0. The summed E-state index contributed by atoms with van der Waals surface area (Å²) in [7, 11) is 0. The number of nitrogens with one attached hydrogen (secondary N) is 1. The third-order valence-electron chi connectivity index (χ3n) is 3.70. The van der Waals surface area contributed by atoms with Gasteiger partial charge in [0.05, 0.1) is 11.4 Å². The summed E-state index contributed by atoms with van der Waals surface area (Å²) in [6.07, 6.45) is 1.29. The summed E-state index contributed by atoms with van der Waals surface area (Å²) in [5, 5.41) is 3.42. The van der Waals surface area contributed by atoms with Crippen LogP contribution in [-0.2, 0) is 13.1 Å². The molecule has 3 heteroatoms. The van der Waals surface area contributed by atoms with Crippen LogP contribution in [0.15, 0.2) is 18.2 Å². The molecule has 2 rings (SSSR count). The molecule has 0 spiro atoms. The van der Waals surface area contributed by atoms with Gasteiger partial charge in [-0.25, -0.2) is 0 Å². The lowest BCUT2D eigenvalue weighted by Gasteiger charge is -2.19. The molecular weight excluding hydrogens is 234 g/mol. The van der Waals surface area contributed by atoms with E-state index in [4.69, 9.17) is 4.98 Å². The molecule has 1 aliphatic rings. The second-order valence-electron chi connectivity index (χ2n) is 6.78. The molecule has 0 bridgehead atoms. The molecule has 0 saturated carbocycles. The highest BCUT2D eigenvalue weighted by atomic mass is 15.2. The highest BCUT2D eigenvalue weighted by Crippen LogP contribution is 2.29. The fourth-order valence-corrected chi connectivity index (χ4v) is 2.61. The molecule has 0 unspecified atom stereocenters. The lowest BCUT2D eigenvalue weighted by Crippen LogP contribution is -2.24. The van der Waals surface area contributed by atoms with E-state index in [1.807, 2.05) is 0 Å². The largest absolute Gasteiger partial charge is 0.309 e. The zero-order valence-corrected chi connectivity index (χ0v) is 12.7. The molecule has 1 saturated heterocycles. The van der Waals surface area contributed by atoms with E-state index in [0.717, 1.165) is 18.8 Å². The molecule has 1 N–H and O–H groups in total. The van der Waals surface area contributed by atoms with Crippen LogP contribution >= 0.6 is 0 Å². The molecule has 0 amide bonds. The normalized spacial score (nSPS) is 19.2. The zero-order chi connectivity index (χ0) is 13.9. The third-order valence-corrected chi connectivity index (χ3v) is 3.70. The van der Waals surface area contributed by atoms with Crippen LogP contribution in [0.25, 0.3) is 0 Å². The van der Waals surface area contributed by atoms with Crippen LogP contribution in [0, 0.1) is 5.41 Å². The van der Waals surface area contributed by atoms with Crippen molar-refractivity contribution in [2.45, 2.75) is 53.2 Å². The molecule has 19 heavy (non-hydrogen) atoms. The number of hydrogen-bond donors (Lipinski definition) is 1. The molecule has 0 radical (unpaired) electrons. The second-order valence-corrected chi connectivity index (χ2v) is 6.78. The Balaban J connectivity index is 1.92. The van der Waals surface area contributed by atoms with Crippen molar-refractivity contribution in [3.63, 3.8) is 0 Å². The Bertz CT molecular complexity index is 412. The average Bonchev–Trinajstić information content (AvgIpc) is 2.66. The van der Waals surface area contributed by atoms with Crippen molar-refractivity contribution in [1.29, 1.82) is 0 Å². The quantitative estimate of drug-likeness (QED) is 0.883. The predicted octanol–water partition coefficient (Wildman–Crippen LogP) is 2.81. The Kier molecular flexibility index (Phi) is 4.58. The maximum Gasteiger partial charge on any atom is 0.0547 e. The molecule has 0 atom stereocenters. The summed E-state index contributed by atoms with van der Waals surface area (Å²) in [4.78, 5) is 7.27. The van der Waals surface area contributed by atoms with Gasteiger partial charge in [-0.3, -0.25) is 9.88 Å². The summed E-state index contributed by atoms with van der Waals surface area (Å²) < 4.78 is 0. The Morgan fingerprint density at radius 1 is 1.32 bits per heavy atom. The van der Waals surface area contributed by atoms with Crippen LogP contribution < -0.4 is 5.32 Å². The topological polar surface area (TPSA) is 28.2 Å². The van der Waals surface area contributed by atoms with Gasteiger partial charge in [0.15, 0.2) is 0 Å². The first kappa shape index (κ1) is 14.5. The minimum atomic E-state index is 0.469. The van der Waals surface area contributed by atoms with Crippen LogP contribution in [0.3, 0.4) is 0 Å². The highest BCUT2D eigenvalue weighted by Gasteiger charge is 2.29. The fraction of sp³-hybridized carbons (Fsp3) is 0.688. The van der Waals surface area contributed by atoms with E-state index in [1.54, 1.807) is 0 Å². The van der Waals surface area contributed by atoms with Crippen LogP contribution in [-0.4, -0.2) is 29.0 Å². The van der Waals surface area contributed by atoms with Crippen LogP contribution in [0.4, 0.5) is 0 Å². The smallest absolute Gasteiger partial charge is 0.0547 e. The van der Waals surface area contributed by atoms with E-state index >= 15 is 0 Å². The van der Waals surface area contributed by atoms with E-state index in [9.17, 15) is 0 Å². The van der Waals surface area contributed by atoms with Gasteiger partial charge in [0.1, 0.15) is 0 Å². The van der Waals surface area contributed by atoms with E-state index in [1.165, 1.54) is 25.2 Å². The fourth-order valence-electron chi connectivity index (χ4n) is 2.61. The summed E-state index contributed by atoms with van der Waals surface area (Å²) in [6.45, 7) is 13.3. The highest BCUT2D eigenvalue weighted by molar-refractivity contribution is 5.11. The molecule has 0 aliphatic carbocycles. The second kappa shape index (κ2) is 6.02. The number of hydrogen-bond acceptors (Lipinski definition) is 3. The third kappa shape index (κ3) is 4.59. The van der Waals surface area contributed by atoms with E-state index in [0.29, 0.717) is 11.5 Å². The minimum Gasteiger partial charge on any atom is -0.309 e. The van der Waals surface area contributed by atoms with Gasteiger partial charge in [-0.2, -0.15) is 0 Å². The van der Waals surface area contributed by atoms with Gasteiger partial charge in [0, 0.05) is 25.7 Å². The Morgan fingerprint density at radius 3 is 2.68 bits per heavy atom. The van der Waals surface area contributed by atoms with Crippen LogP contribution in [0.1, 0.15) is 45.5 Å². The van der Waals surface area contributed by atoms with Crippen molar-refractivity contribution < 1.29 is 0 Å². The summed E-state index contributed by atoms with van der Waals surface area (Å²) >= 11 is 0. The van der Waals surface area contributed by atoms with Crippen molar-refractivity contribution in [3.8, 4) is 0 Å². The van der Waals surface area contributed by atoms with E-state index in [-0.39, 0.29) is 0 Å². The number of likely N-dealkylation sites (tertiary alicyclic amines) is 1. The SMILES string of the molecule is CC(C)NCc1cccc(CN2CCC(C)(C)C2)n1. The maximum absolute atomic E-state index is 4.75. The Hall–Kier alpha value is -0.930. The molecule has 1 aromatic rings. The standard InChI is InChI=1S/C16H27N3/c1-13(2)17-10-14-6-5-7-15(18-14)11-19-9-8-16(3,4)12-19/h5-7,13,17H,8-12H2,1-4H3. The van der Waals surface area contributed by atoms with E-state index < -0.39 is 0 Å². The van der Waals surface area contributed by atoms with Gasteiger partial charge in [-0.05, 0) is 30.5 Å². The molecule has 1 fully saturated rings. The summed E-state index contributed by atoms with van der Waals surface area (Å²) in [5.41, 5.74) is 2.81. The monoisotopic (exact) mass is 261 g/mol. The molecule has 1 aliphatic heterocycles. The molecule has 0 aromatic carbocycles. The van der Waals surface area contributed by atoms with Crippen molar-refractivity contribution in [2.24, 2.45) is 5.41 Å². The number of rotatable bonds is 5. The average molecular weight is 261 g/mol. The minimum absolute atomic E-state index is 0.469. The Labute approximate surface area is 117 Å². The van der Waals surface area contributed by atoms with Crippen molar-refractivity contribution in [2.75, 3.05) is 13.1 Å². The molecule has 106 valence electrons. The predicted molar refractivity (Wildman–Crippen MR) is 79.9 cm³/mol. The molecule has 3 nitrogen and oxygen atoms in total. The first-order valence-corrected chi connectivity index (χ1v) is 7.35. The van der Waals surface area contributed by atoms with Crippen molar-refractivity contribution in [1.82, 2.24) is 15.2 Å². The van der Waals surface area contributed by atoms with Gasteiger partial charge < -0.3 is 5.32 Å². The molecule has 1 aromatic heterocycles. The van der Waals surface area contributed by atoms with E-state index in [2.05, 4.69) is 56.1 Å². The van der Waals surface area contributed by atoms with Gasteiger partial charge >= 0.3 is 0 Å². The van der Waals surface area contributed by atoms with Crippen molar-refractivity contribution >= 4 is 0 Å². The van der Waals surface area contributed by atoms with Gasteiger partial charge in [-0.1, -0.05) is 33.8 Å². The summed E-state index contributed by atoms with van der Waals surface area (Å²) in [6, 6.07) is 6.88. The number of nitrogens with zero attached hydrogens (tertiary/aromatic N) is 2. The first-order chi connectivity index (χ1) is 8.94. The van der Waals surface area contributed by atoms with Gasteiger partial charge in [-0.15, -0.1) is 0 Å². The van der Waals surface area contributed by atoms with Crippen LogP contribution in [0.2, 0.25) is 0 Å². The lowest BCUT2D eigenvalue weighted by atomic mass is 9.93. The van der Waals surface area contributed by atoms with Crippen LogP contribution in [0.5, 0.6) is 0 Å². The Morgan fingerprint density at radius 2 is 2.05 bits per heavy atom. The van der Waals surface area contributed by atoms with Crippen molar-refractivity contribution in [3.05, 3.63) is 29.6 Å². The number of pyridine rings is 1. The first-order valence-electron chi connectivity index (χ1n) is 7.35. The lowest BCUT2D eigenvalue weighted by molar-refractivity contribution is 0.281. The molecule has 2 heterocycles. The van der Waals surface area contributed by atoms with Gasteiger partial charge in [0.2, 0.25) is 0 Å². The number of aromatic nitrogens is 1. The van der Waals surface area contributed by atoms with Gasteiger partial charge in [0.25, 0.3) is 0 Å². The molecular formula is C16H27N3. The zero-order valence-electron chi connectivity index (χ0n) is 12.7.